The van der Waals surface area contributed by atoms with Crippen molar-refractivity contribution in [2.75, 3.05) is 14.1 Å². The van der Waals surface area contributed by atoms with Crippen LogP contribution in [0.25, 0.3) is 0 Å². The predicted molar refractivity (Wildman–Crippen MR) is 39.6 cm³/mol. The fraction of sp³-hybridized carbons (Fsp3) is 0.500. The standard InChI is InChI=1S/C8H14N/c1-4-8-5-6-9(2,3)7-8/h5-7H,4H2,1-3H3/q+1. The lowest BCUT2D eigenvalue weighted by Gasteiger charge is -2.14. The van der Waals surface area contributed by atoms with E-state index in [0.717, 1.165) is 10.9 Å². The third-order valence-corrected chi connectivity index (χ3v) is 1.58. The number of nitrogens with zero attached hydrogens (tertiary/aromatic N) is 1. The van der Waals surface area contributed by atoms with Crippen LogP contribution in [0, 0.1) is 0 Å². The van der Waals surface area contributed by atoms with Crippen molar-refractivity contribution in [2.45, 2.75) is 13.3 Å². The minimum absolute atomic E-state index is 0.906. The molecule has 0 radical (unpaired) electrons. The number of hydrogen-bond donors (Lipinski definition) is 0. The van der Waals surface area contributed by atoms with Crippen LogP contribution in [0.1, 0.15) is 13.3 Å². The van der Waals surface area contributed by atoms with Crippen molar-refractivity contribution >= 4 is 0 Å². The molecule has 0 fully saturated rings. The van der Waals surface area contributed by atoms with Crippen molar-refractivity contribution in [3.8, 4) is 0 Å². The SMILES string of the molecule is CCC1=C[N+](C)(C)C=C1. The Morgan fingerprint density at radius 1 is 1.44 bits per heavy atom. The van der Waals surface area contributed by atoms with Gasteiger partial charge in [-0.25, -0.2) is 0 Å². The molecule has 0 unspecified atom stereocenters. The summed E-state index contributed by atoms with van der Waals surface area (Å²) < 4.78 is 0.906. The Kier molecular flexibility index (Phi) is 1.45. The van der Waals surface area contributed by atoms with Crippen LogP contribution in [-0.2, 0) is 0 Å². The van der Waals surface area contributed by atoms with Crippen molar-refractivity contribution in [1.82, 2.24) is 0 Å². The van der Waals surface area contributed by atoms with Crippen molar-refractivity contribution in [3.05, 3.63) is 24.0 Å². The maximum Gasteiger partial charge on any atom is 0.103 e. The molecule has 0 saturated carbocycles. The first-order valence-electron chi connectivity index (χ1n) is 3.38. The molecule has 1 heteroatoms. The van der Waals surface area contributed by atoms with Crippen LogP contribution in [-0.4, -0.2) is 18.6 Å². The molecule has 1 aliphatic heterocycles. The minimum Gasteiger partial charge on any atom is -0.276 e. The van der Waals surface area contributed by atoms with Gasteiger partial charge in [0.25, 0.3) is 0 Å². The van der Waals surface area contributed by atoms with E-state index >= 15 is 0 Å². The van der Waals surface area contributed by atoms with Crippen molar-refractivity contribution in [1.29, 1.82) is 0 Å². The summed E-state index contributed by atoms with van der Waals surface area (Å²) in [5.74, 6) is 0. The lowest BCUT2D eigenvalue weighted by Crippen LogP contribution is -2.23. The normalized spacial score (nSPS) is 22.3. The molecule has 1 nitrogen and oxygen atoms in total. The molecule has 0 aromatic carbocycles. The first-order valence-corrected chi connectivity index (χ1v) is 3.38. The van der Waals surface area contributed by atoms with Crippen molar-refractivity contribution < 1.29 is 4.48 Å². The Labute approximate surface area is 56.9 Å². The maximum atomic E-state index is 2.26. The summed E-state index contributed by atoms with van der Waals surface area (Å²) in [7, 11) is 4.33. The molecule has 50 valence electrons. The van der Waals surface area contributed by atoms with E-state index in [4.69, 9.17) is 0 Å². The van der Waals surface area contributed by atoms with Crippen LogP contribution in [0.3, 0.4) is 0 Å². The van der Waals surface area contributed by atoms with Gasteiger partial charge in [0, 0.05) is 11.6 Å². The average Bonchev–Trinajstić information content (AvgIpc) is 2.10. The molecule has 0 aromatic rings. The van der Waals surface area contributed by atoms with E-state index in [0.29, 0.717) is 0 Å². The Morgan fingerprint density at radius 2 is 2.11 bits per heavy atom. The van der Waals surface area contributed by atoms with Gasteiger partial charge in [-0.2, -0.15) is 0 Å². The Hall–Kier alpha value is -0.560. The van der Waals surface area contributed by atoms with Gasteiger partial charge < -0.3 is 0 Å². The number of allylic oxidation sites excluding steroid dienone is 2. The molecule has 1 aliphatic rings. The summed E-state index contributed by atoms with van der Waals surface area (Å²) in [5.41, 5.74) is 1.44. The zero-order valence-electron chi connectivity index (χ0n) is 6.39. The summed E-state index contributed by atoms with van der Waals surface area (Å²) in [5, 5.41) is 0. The molecule has 0 bridgehead atoms. The monoisotopic (exact) mass is 124 g/mol. The van der Waals surface area contributed by atoms with Crippen molar-refractivity contribution in [3.63, 3.8) is 0 Å². The van der Waals surface area contributed by atoms with Crippen LogP contribution in [0.4, 0.5) is 0 Å². The van der Waals surface area contributed by atoms with E-state index in [1.54, 1.807) is 0 Å². The lowest BCUT2D eigenvalue weighted by molar-refractivity contribution is -0.781. The first-order chi connectivity index (χ1) is 4.14. The second kappa shape index (κ2) is 1.99. The Bertz CT molecular complexity index is 163. The molecular weight excluding hydrogens is 110 g/mol. The van der Waals surface area contributed by atoms with Gasteiger partial charge in [-0.3, -0.25) is 4.48 Å². The van der Waals surface area contributed by atoms with E-state index in [2.05, 4.69) is 39.5 Å². The zero-order chi connectivity index (χ0) is 6.91. The van der Waals surface area contributed by atoms with E-state index in [9.17, 15) is 0 Å². The third kappa shape index (κ3) is 1.42. The molecule has 0 N–H and O–H groups in total. The quantitative estimate of drug-likeness (QED) is 0.468. The molecule has 0 atom stereocenters. The Morgan fingerprint density at radius 3 is 2.33 bits per heavy atom. The smallest absolute Gasteiger partial charge is 0.103 e. The summed E-state index contributed by atoms with van der Waals surface area (Å²) in [6.45, 7) is 2.18. The highest BCUT2D eigenvalue weighted by Gasteiger charge is 2.13. The fourth-order valence-corrected chi connectivity index (χ4v) is 1.01. The predicted octanol–water partition coefficient (Wildman–Crippen LogP) is 1.88. The second-order valence-electron chi connectivity index (χ2n) is 3.00. The third-order valence-electron chi connectivity index (χ3n) is 1.58. The highest BCUT2D eigenvalue weighted by molar-refractivity contribution is 5.18. The lowest BCUT2D eigenvalue weighted by atomic mass is 10.2. The van der Waals surface area contributed by atoms with E-state index < -0.39 is 0 Å². The van der Waals surface area contributed by atoms with Gasteiger partial charge in [-0.1, -0.05) is 6.92 Å². The molecule has 9 heavy (non-hydrogen) atoms. The molecule has 0 spiro atoms. The van der Waals surface area contributed by atoms with Gasteiger partial charge in [0.1, 0.15) is 12.4 Å². The van der Waals surface area contributed by atoms with Gasteiger partial charge in [-0.15, -0.1) is 0 Å². The van der Waals surface area contributed by atoms with Crippen LogP contribution in [0.15, 0.2) is 24.0 Å². The van der Waals surface area contributed by atoms with Gasteiger partial charge >= 0.3 is 0 Å². The topological polar surface area (TPSA) is 0 Å². The molecule has 1 heterocycles. The van der Waals surface area contributed by atoms with Gasteiger partial charge in [-0.05, 0) is 6.42 Å². The number of quaternary nitrogens is 1. The second-order valence-corrected chi connectivity index (χ2v) is 3.00. The van der Waals surface area contributed by atoms with Gasteiger partial charge in [0.15, 0.2) is 0 Å². The average molecular weight is 124 g/mol. The summed E-state index contributed by atoms with van der Waals surface area (Å²) in [6.07, 6.45) is 7.80. The number of rotatable bonds is 1. The summed E-state index contributed by atoms with van der Waals surface area (Å²) in [4.78, 5) is 0. The Balaban J connectivity index is 2.74. The van der Waals surface area contributed by atoms with Crippen molar-refractivity contribution in [2.24, 2.45) is 0 Å². The molecule has 0 saturated heterocycles. The largest absolute Gasteiger partial charge is 0.276 e. The maximum absolute atomic E-state index is 2.26. The fourth-order valence-electron chi connectivity index (χ4n) is 1.01. The zero-order valence-corrected chi connectivity index (χ0v) is 6.39. The molecule has 0 aromatic heterocycles. The summed E-state index contributed by atoms with van der Waals surface area (Å²) in [6, 6.07) is 0. The van der Waals surface area contributed by atoms with Crippen LogP contribution in [0.5, 0.6) is 0 Å². The van der Waals surface area contributed by atoms with Crippen LogP contribution in [0.2, 0.25) is 0 Å². The minimum atomic E-state index is 0.906. The van der Waals surface area contributed by atoms with Gasteiger partial charge in [0.05, 0.1) is 14.1 Å². The highest BCUT2D eigenvalue weighted by atomic mass is 15.3. The molecule has 0 amide bonds. The molecule has 0 aliphatic carbocycles. The number of hydrogen-bond acceptors (Lipinski definition) is 0. The first kappa shape index (κ1) is 6.56. The highest BCUT2D eigenvalue weighted by Crippen LogP contribution is 2.16. The van der Waals surface area contributed by atoms with E-state index in [1.165, 1.54) is 5.57 Å². The molecule has 1 rings (SSSR count). The summed E-state index contributed by atoms with van der Waals surface area (Å²) >= 11 is 0. The van der Waals surface area contributed by atoms with Crippen LogP contribution >= 0.6 is 0 Å². The van der Waals surface area contributed by atoms with E-state index in [1.807, 2.05) is 0 Å². The van der Waals surface area contributed by atoms with Crippen LogP contribution < -0.4 is 0 Å². The van der Waals surface area contributed by atoms with Gasteiger partial charge in [0.2, 0.25) is 0 Å². The van der Waals surface area contributed by atoms with E-state index in [-0.39, 0.29) is 0 Å². The molecular formula is C8H14N+.